The van der Waals surface area contributed by atoms with Gasteiger partial charge in [0, 0.05) is 11.8 Å². The fraction of sp³-hybridized carbons (Fsp3) is 0.250. The van der Waals surface area contributed by atoms with Crippen molar-refractivity contribution in [3.8, 4) is 17.1 Å². The topological polar surface area (TPSA) is 50.4 Å². The first kappa shape index (κ1) is 12.7. The molecule has 0 aliphatic heterocycles. The highest BCUT2D eigenvalue weighted by molar-refractivity contribution is 5.60. The van der Waals surface area contributed by atoms with Crippen molar-refractivity contribution in [1.29, 1.82) is 0 Å². The maximum Gasteiger partial charge on any atom is 0.219 e. The molecular weight excluding hydrogens is 250 g/mol. The molecule has 0 saturated heterocycles. The van der Waals surface area contributed by atoms with Gasteiger partial charge in [-0.2, -0.15) is 0 Å². The molecule has 102 valence electrons. The third kappa shape index (κ3) is 2.25. The van der Waals surface area contributed by atoms with E-state index in [1.807, 2.05) is 36.5 Å². The lowest BCUT2D eigenvalue weighted by Gasteiger charge is -2.02. The lowest BCUT2D eigenvalue weighted by molar-refractivity contribution is 0.436. The number of rotatable bonds is 3. The minimum atomic E-state index is 0.216. The molecule has 0 saturated carbocycles. The predicted molar refractivity (Wildman–Crippen MR) is 78.6 cm³/mol. The summed E-state index contributed by atoms with van der Waals surface area (Å²) in [6, 6.07) is 9.91. The van der Waals surface area contributed by atoms with E-state index in [9.17, 15) is 5.11 Å². The van der Waals surface area contributed by atoms with Gasteiger partial charge in [0.15, 0.2) is 5.65 Å². The Bertz CT molecular complexity index is 732. The van der Waals surface area contributed by atoms with Crippen molar-refractivity contribution in [1.82, 2.24) is 14.4 Å². The first-order chi connectivity index (χ1) is 9.65. The number of benzene rings is 1. The largest absolute Gasteiger partial charge is 0.493 e. The van der Waals surface area contributed by atoms with Gasteiger partial charge in [0.2, 0.25) is 5.88 Å². The van der Waals surface area contributed by atoms with Crippen molar-refractivity contribution in [3.05, 3.63) is 48.4 Å². The second kappa shape index (κ2) is 4.96. The highest BCUT2D eigenvalue weighted by atomic mass is 16.3. The molecule has 4 heteroatoms. The maximum absolute atomic E-state index is 10.3. The zero-order valence-corrected chi connectivity index (χ0v) is 11.6. The summed E-state index contributed by atoms with van der Waals surface area (Å²) in [5.74, 6) is 0.667. The van der Waals surface area contributed by atoms with E-state index in [2.05, 4.69) is 23.8 Å². The van der Waals surface area contributed by atoms with E-state index in [4.69, 9.17) is 0 Å². The van der Waals surface area contributed by atoms with Crippen LogP contribution >= 0.6 is 0 Å². The van der Waals surface area contributed by atoms with Gasteiger partial charge in [0.25, 0.3) is 0 Å². The second-order valence-electron chi connectivity index (χ2n) is 5.35. The van der Waals surface area contributed by atoms with E-state index in [-0.39, 0.29) is 5.88 Å². The number of nitrogens with zero attached hydrogens (tertiary/aromatic N) is 3. The SMILES string of the molecule is CC(C)Cc1nc2cnc(-c3ccccc3)cn2c1O. The van der Waals surface area contributed by atoms with Crippen molar-refractivity contribution in [2.75, 3.05) is 0 Å². The summed E-state index contributed by atoms with van der Waals surface area (Å²) in [5.41, 5.74) is 3.25. The molecule has 0 aliphatic rings. The third-order valence-corrected chi connectivity index (χ3v) is 3.22. The Morgan fingerprint density at radius 3 is 2.65 bits per heavy atom. The fourth-order valence-electron chi connectivity index (χ4n) is 2.27. The van der Waals surface area contributed by atoms with Crippen LogP contribution in [0.4, 0.5) is 0 Å². The Balaban J connectivity index is 2.09. The molecule has 0 unspecified atom stereocenters. The molecule has 4 nitrogen and oxygen atoms in total. The molecule has 0 bridgehead atoms. The second-order valence-corrected chi connectivity index (χ2v) is 5.35. The molecule has 3 rings (SSSR count). The van der Waals surface area contributed by atoms with Gasteiger partial charge in [-0.15, -0.1) is 0 Å². The number of hydrogen-bond acceptors (Lipinski definition) is 3. The summed E-state index contributed by atoms with van der Waals surface area (Å²) in [5, 5.41) is 10.3. The van der Waals surface area contributed by atoms with Gasteiger partial charge in [-0.05, 0) is 12.3 Å². The molecule has 2 aromatic heterocycles. The summed E-state index contributed by atoms with van der Waals surface area (Å²) >= 11 is 0. The molecule has 3 aromatic rings. The summed E-state index contributed by atoms with van der Waals surface area (Å²) < 4.78 is 1.70. The van der Waals surface area contributed by atoms with Gasteiger partial charge in [-0.3, -0.25) is 9.38 Å². The number of aromatic hydroxyl groups is 1. The Morgan fingerprint density at radius 2 is 1.95 bits per heavy atom. The molecule has 0 amide bonds. The van der Waals surface area contributed by atoms with Crippen LogP contribution in [0.3, 0.4) is 0 Å². The molecule has 0 fully saturated rings. The summed E-state index contributed by atoms with van der Waals surface area (Å²) in [7, 11) is 0. The van der Waals surface area contributed by atoms with E-state index in [0.29, 0.717) is 11.6 Å². The Labute approximate surface area is 117 Å². The van der Waals surface area contributed by atoms with Gasteiger partial charge in [0.05, 0.1) is 11.9 Å². The van der Waals surface area contributed by atoms with Crippen molar-refractivity contribution >= 4 is 5.65 Å². The van der Waals surface area contributed by atoms with Crippen LogP contribution in [-0.2, 0) is 6.42 Å². The average Bonchev–Trinajstić information content (AvgIpc) is 2.75. The first-order valence-electron chi connectivity index (χ1n) is 6.76. The van der Waals surface area contributed by atoms with Gasteiger partial charge >= 0.3 is 0 Å². The van der Waals surface area contributed by atoms with E-state index in [1.165, 1.54) is 0 Å². The van der Waals surface area contributed by atoms with E-state index >= 15 is 0 Å². The summed E-state index contributed by atoms with van der Waals surface area (Å²) in [6.07, 6.45) is 4.29. The van der Waals surface area contributed by atoms with Gasteiger partial charge < -0.3 is 5.11 Å². The van der Waals surface area contributed by atoms with E-state index in [1.54, 1.807) is 10.6 Å². The van der Waals surface area contributed by atoms with Crippen molar-refractivity contribution < 1.29 is 5.11 Å². The van der Waals surface area contributed by atoms with Crippen LogP contribution in [-0.4, -0.2) is 19.5 Å². The fourth-order valence-corrected chi connectivity index (χ4v) is 2.27. The normalized spacial score (nSPS) is 11.3. The summed E-state index contributed by atoms with van der Waals surface area (Å²) in [4.78, 5) is 8.85. The molecule has 0 spiro atoms. The maximum atomic E-state index is 10.3. The predicted octanol–water partition coefficient (Wildman–Crippen LogP) is 3.30. The third-order valence-electron chi connectivity index (χ3n) is 3.22. The smallest absolute Gasteiger partial charge is 0.219 e. The van der Waals surface area contributed by atoms with Crippen LogP contribution in [0.25, 0.3) is 16.9 Å². The molecule has 0 radical (unpaired) electrons. The van der Waals surface area contributed by atoms with Crippen molar-refractivity contribution in [3.63, 3.8) is 0 Å². The van der Waals surface area contributed by atoms with Crippen LogP contribution in [0.15, 0.2) is 42.7 Å². The molecule has 1 N–H and O–H groups in total. The first-order valence-corrected chi connectivity index (χ1v) is 6.76. The van der Waals surface area contributed by atoms with Crippen LogP contribution in [0.5, 0.6) is 5.88 Å². The molecule has 1 aromatic carbocycles. The number of imidazole rings is 1. The lowest BCUT2D eigenvalue weighted by Crippen LogP contribution is -1.94. The lowest BCUT2D eigenvalue weighted by atomic mass is 10.1. The van der Waals surface area contributed by atoms with E-state index < -0.39 is 0 Å². The zero-order chi connectivity index (χ0) is 14.1. The van der Waals surface area contributed by atoms with Crippen molar-refractivity contribution in [2.45, 2.75) is 20.3 Å². The monoisotopic (exact) mass is 267 g/mol. The van der Waals surface area contributed by atoms with Gasteiger partial charge in [0.1, 0.15) is 5.69 Å². The molecule has 20 heavy (non-hydrogen) atoms. The highest BCUT2D eigenvalue weighted by Gasteiger charge is 2.13. The Kier molecular flexibility index (Phi) is 3.14. The standard InChI is InChI=1S/C16H17N3O/c1-11(2)8-13-16(20)19-10-14(17-9-15(19)18-13)12-6-4-3-5-7-12/h3-7,9-11,20H,8H2,1-2H3. The number of hydrogen-bond donors (Lipinski definition) is 1. The van der Waals surface area contributed by atoms with Crippen LogP contribution < -0.4 is 0 Å². The molecule has 0 aliphatic carbocycles. The molecule has 0 atom stereocenters. The van der Waals surface area contributed by atoms with Crippen LogP contribution in [0.2, 0.25) is 0 Å². The quantitative estimate of drug-likeness (QED) is 0.792. The van der Waals surface area contributed by atoms with Crippen LogP contribution in [0, 0.1) is 5.92 Å². The zero-order valence-electron chi connectivity index (χ0n) is 11.6. The van der Waals surface area contributed by atoms with E-state index in [0.717, 1.165) is 23.4 Å². The van der Waals surface area contributed by atoms with Gasteiger partial charge in [-0.1, -0.05) is 44.2 Å². The van der Waals surface area contributed by atoms with Crippen LogP contribution in [0.1, 0.15) is 19.5 Å². The highest BCUT2D eigenvalue weighted by Crippen LogP contribution is 2.24. The number of fused-ring (bicyclic) bond motifs is 1. The Hall–Kier alpha value is -2.36. The van der Waals surface area contributed by atoms with Gasteiger partial charge in [-0.25, -0.2) is 4.98 Å². The minimum absolute atomic E-state index is 0.216. The average molecular weight is 267 g/mol. The molecular formula is C16H17N3O. The number of aromatic nitrogens is 3. The Morgan fingerprint density at radius 1 is 1.20 bits per heavy atom. The minimum Gasteiger partial charge on any atom is -0.493 e. The molecule has 2 heterocycles. The summed E-state index contributed by atoms with van der Waals surface area (Å²) in [6.45, 7) is 4.22. The van der Waals surface area contributed by atoms with Crippen molar-refractivity contribution in [2.24, 2.45) is 5.92 Å².